The molecule has 0 unspecified atom stereocenters. The van der Waals surface area contributed by atoms with Crippen LogP contribution in [0.15, 0.2) is 34.8 Å². The lowest BCUT2D eigenvalue weighted by atomic mass is 10.3. The second-order valence-electron chi connectivity index (χ2n) is 5.53. The van der Waals surface area contributed by atoms with Gasteiger partial charge in [-0.25, -0.2) is 4.98 Å². The molecule has 3 rings (SSSR count). The van der Waals surface area contributed by atoms with E-state index in [2.05, 4.69) is 20.5 Å². The van der Waals surface area contributed by atoms with Crippen LogP contribution in [-0.4, -0.2) is 38.5 Å². The molecule has 10 heteroatoms. The average Bonchev–Trinajstić information content (AvgIpc) is 3.23. The Labute approximate surface area is 164 Å². The molecule has 1 aromatic carbocycles. The molecule has 1 N–H and O–H groups in total. The molecule has 0 atom stereocenters. The van der Waals surface area contributed by atoms with Crippen LogP contribution in [0.3, 0.4) is 0 Å². The molecule has 142 valence electrons. The molecule has 0 aliphatic carbocycles. The number of methoxy groups -OCH3 is 1. The zero-order valence-corrected chi connectivity index (χ0v) is 16.8. The number of benzene rings is 1. The number of thiazole rings is 1. The van der Waals surface area contributed by atoms with E-state index in [1.165, 1.54) is 23.1 Å². The number of carbonyl (C=O) groups excluding carboxylic acids is 1. The highest BCUT2D eigenvalue weighted by molar-refractivity contribution is 7.99. The number of nitrogens with zero attached hydrogens (tertiary/aromatic N) is 4. The molecule has 1 amide bonds. The molecule has 0 spiro atoms. The first-order valence-corrected chi connectivity index (χ1v) is 9.92. The van der Waals surface area contributed by atoms with Crippen LogP contribution < -0.4 is 14.8 Å². The molecule has 2 heterocycles. The summed E-state index contributed by atoms with van der Waals surface area (Å²) in [7, 11) is 3.43. The Hall–Kier alpha value is -2.59. The van der Waals surface area contributed by atoms with E-state index in [0.717, 1.165) is 5.69 Å². The monoisotopic (exact) mass is 405 g/mol. The summed E-state index contributed by atoms with van der Waals surface area (Å²) in [6.07, 6.45) is 0. The molecule has 0 saturated heterocycles. The Kier molecular flexibility index (Phi) is 6.30. The van der Waals surface area contributed by atoms with Crippen LogP contribution in [-0.2, 0) is 18.4 Å². The predicted octanol–water partition coefficient (Wildman–Crippen LogP) is 2.90. The number of rotatable bonds is 8. The predicted molar refractivity (Wildman–Crippen MR) is 105 cm³/mol. The number of ether oxygens (including phenoxy) is 2. The van der Waals surface area contributed by atoms with Crippen molar-refractivity contribution in [2.45, 2.75) is 18.7 Å². The number of nitrogens with one attached hydrogen (secondary N) is 1. The van der Waals surface area contributed by atoms with Gasteiger partial charge in [0.2, 0.25) is 5.91 Å². The molecule has 0 fully saturated rings. The van der Waals surface area contributed by atoms with Crippen LogP contribution in [0.25, 0.3) is 0 Å². The molecule has 0 radical (unpaired) electrons. The summed E-state index contributed by atoms with van der Waals surface area (Å²) in [5, 5.41) is 14.2. The molecule has 8 nitrogen and oxygen atoms in total. The van der Waals surface area contributed by atoms with Crippen molar-refractivity contribution in [3.63, 3.8) is 0 Å². The minimum Gasteiger partial charge on any atom is -0.493 e. The van der Waals surface area contributed by atoms with Crippen molar-refractivity contribution < 1.29 is 14.3 Å². The molecule has 0 bridgehead atoms. The average molecular weight is 406 g/mol. The van der Waals surface area contributed by atoms with Crippen LogP contribution in [0, 0.1) is 6.92 Å². The van der Waals surface area contributed by atoms with Gasteiger partial charge in [0.1, 0.15) is 6.61 Å². The van der Waals surface area contributed by atoms with Gasteiger partial charge in [-0.15, -0.1) is 21.5 Å². The van der Waals surface area contributed by atoms with E-state index in [4.69, 9.17) is 9.47 Å². The quantitative estimate of drug-likeness (QED) is 0.576. The van der Waals surface area contributed by atoms with Crippen molar-refractivity contribution in [1.29, 1.82) is 0 Å². The van der Waals surface area contributed by atoms with Crippen molar-refractivity contribution in [2.24, 2.45) is 7.05 Å². The zero-order valence-electron chi connectivity index (χ0n) is 15.1. The number of thioether (sulfide) groups is 1. The van der Waals surface area contributed by atoms with Crippen molar-refractivity contribution in [3.8, 4) is 11.5 Å². The number of carbonyl (C=O) groups is 1. The summed E-state index contributed by atoms with van der Waals surface area (Å²) in [5.41, 5.74) is 0.885. The van der Waals surface area contributed by atoms with E-state index in [1.807, 2.05) is 43.6 Å². The van der Waals surface area contributed by atoms with E-state index in [0.29, 0.717) is 27.6 Å². The van der Waals surface area contributed by atoms with E-state index in [9.17, 15) is 4.79 Å². The Morgan fingerprint density at radius 3 is 2.78 bits per heavy atom. The molecule has 0 aliphatic rings. The lowest BCUT2D eigenvalue weighted by Gasteiger charge is -2.10. The van der Waals surface area contributed by atoms with Crippen molar-refractivity contribution in [3.05, 3.63) is 41.2 Å². The van der Waals surface area contributed by atoms with Gasteiger partial charge in [0.05, 0.1) is 18.6 Å². The first-order chi connectivity index (χ1) is 13.1. The third-order valence-electron chi connectivity index (χ3n) is 3.55. The standard InChI is InChI=1S/C17H19N5O3S2/c1-11-9-26-16(18-11)19-15(23)10-27-17-21-20-14(22(17)2)8-25-13-7-5-4-6-12(13)24-3/h4-7,9H,8,10H2,1-3H3,(H,18,19,23). The largest absolute Gasteiger partial charge is 0.493 e. The number of amides is 1. The molecule has 0 aliphatic heterocycles. The van der Waals surface area contributed by atoms with E-state index >= 15 is 0 Å². The lowest BCUT2D eigenvalue weighted by Crippen LogP contribution is -2.14. The van der Waals surface area contributed by atoms with Gasteiger partial charge in [0.25, 0.3) is 0 Å². The number of para-hydroxylation sites is 2. The van der Waals surface area contributed by atoms with Gasteiger partial charge < -0.3 is 19.4 Å². The minimum absolute atomic E-state index is 0.135. The third kappa shape index (κ3) is 4.98. The Balaban J connectivity index is 1.54. The van der Waals surface area contributed by atoms with E-state index < -0.39 is 0 Å². The number of aromatic nitrogens is 4. The van der Waals surface area contributed by atoms with Crippen LogP contribution in [0.1, 0.15) is 11.5 Å². The minimum atomic E-state index is -0.135. The lowest BCUT2D eigenvalue weighted by molar-refractivity contribution is -0.113. The number of hydrogen-bond donors (Lipinski definition) is 1. The fraction of sp³-hybridized carbons (Fsp3) is 0.294. The zero-order chi connectivity index (χ0) is 19.2. The highest BCUT2D eigenvalue weighted by atomic mass is 32.2. The first-order valence-electron chi connectivity index (χ1n) is 8.05. The third-order valence-corrected chi connectivity index (χ3v) is 5.44. The Bertz CT molecular complexity index is 925. The topological polar surface area (TPSA) is 91.2 Å². The van der Waals surface area contributed by atoms with Gasteiger partial charge in [-0.1, -0.05) is 23.9 Å². The summed E-state index contributed by atoms with van der Waals surface area (Å²) in [6, 6.07) is 7.41. The van der Waals surface area contributed by atoms with Gasteiger partial charge in [-0.05, 0) is 19.1 Å². The number of hydrogen-bond acceptors (Lipinski definition) is 8. The second-order valence-corrected chi connectivity index (χ2v) is 7.33. The molecular weight excluding hydrogens is 386 g/mol. The van der Waals surface area contributed by atoms with Gasteiger partial charge in [-0.3, -0.25) is 4.79 Å². The maximum atomic E-state index is 12.0. The summed E-state index contributed by atoms with van der Waals surface area (Å²) in [5.74, 6) is 2.03. The fourth-order valence-electron chi connectivity index (χ4n) is 2.17. The molecular formula is C17H19N5O3S2. The van der Waals surface area contributed by atoms with Gasteiger partial charge in [0.15, 0.2) is 27.6 Å². The highest BCUT2D eigenvalue weighted by Crippen LogP contribution is 2.26. The molecule has 2 aromatic heterocycles. The Morgan fingerprint density at radius 2 is 2.07 bits per heavy atom. The normalized spacial score (nSPS) is 10.6. The smallest absolute Gasteiger partial charge is 0.236 e. The fourth-order valence-corrected chi connectivity index (χ4v) is 3.61. The van der Waals surface area contributed by atoms with Gasteiger partial charge in [-0.2, -0.15) is 0 Å². The SMILES string of the molecule is COc1ccccc1OCc1nnc(SCC(=O)Nc2nc(C)cs2)n1C. The summed E-state index contributed by atoms with van der Waals surface area (Å²) >= 11 is 2.71. The maximum absolute atomic E-state index is 12.0. The van der Waals surface area contributed by atoms with Crippen LogP contribution in [0.4, 0.5) is 5.13 Å². The number of anilines is 1. The van der Waals surface area contributed by atoms with Crippen molar-refractivity contribution in [1.82, 2.24) is 19.7 Å². The van der Waals surface area contributed by atoms with Crippen molar-refractivity contribution in [2.75, 3.05) is 18.2 Å². The molecule has 3 aromatic rings. The van der Waals surface area contributed by atoms with Crippen LogP contribution >= 0.6 is 23.1 Å². The van der Waals surface area contributed by atoms with Crippen LogP contribution in [0.2, 0.25) is 0 Å². The maximum Gasteiger partial charge on any atom is 0.236 e. The van der Waals surface area contributed by atoms with Crippen LogP contribution in [0.5, 0.6) is 11.5 Å². The van der Waals surface area contributed by atoms with Gasteiger partial charge >= 0.3 is 0 Å². The Morgan fingerprint density at radius 1 is 1.30 bits per heavy atom. The second kappa shape index (κ2) is 8.87. The summed E-state index contributed by atoms with van der Waals surface area (Å²) in [4.78, 5) is 16.2. The summed E-state index contributed by atoms with van der Waals surface area (Å²) < 4.78 is 12.8. The van der Waals surface area contributed by atoms with Gasteiger partial charge in [0, 0.05) is 12.4 Å². The highest BCUT2D eigenvalue weighted by Gasteiger charge is 2.13. The summed E-state index contributed by atoms with van der Waals surface area (Å²) in [6.45, 7) is 2.13. The van der Waals surface area contributed by atoms with Crippen molar-refractivity contribution >= 4 is 34.1 Å². The molecule has 0 saturated carbocycles. The first kappa shape index (κ1) is 19.2. The number of aryl methyl sites for hydroxylation is 1. The molecule has 27 heavy (non-hydrogen) atoms. The van der Waals surface area contributed by atoms with E-state index in [-0.39, 0.29) is 18.3 Å². The van der Waals surface area contributed by atoms with E-state index in [1.54, 1.807) is 11.7 Å².